The van der Waals surface area contributed by atoms with Crippen LogP contribution < -0.4 is 0 Å². The number of nitrogens with zero attached hydrogens (tertiary/aromatic N) is 1. The maximum absolute atomic E-state index is 10.4. The predicted octanol–water partition coefficient (Wildman–Crippen LogP) is 2.52. The summed E-state index contributed by atoms with van der Waals surface area (Å²) in [6, 6.07) is 3.72. The number of carbonyl (C=O) groups excluding carboxylic acids is 1. The minimum atomic E-state index is 0.453. The van der Waals surface area contributed by atoms with Crippen molar-refractivity contribution in [2.75, 3.05) is 0 Å². The van der Waals surface area contributed by atoms with Gasteiger partial charge in [-0.2, -0.15) is 0 Å². The molecule has 0 saturated heterocycles. The number of hydrogen-bond acceptors (Lipinski definition) is 4. The van der Waals surface area contributed by atoms with Crippen molar-refractivity contribution in [2.24, 2.45) is 0 Å². The number of thiazole rings is 1. The highest BCUT2D eigenvalue weighted by atomic mass is 32.1. The van der Waals surface area contributed by atoms with Crippen LogP contribution in [0.25, 0.3) is 10.8 Å². The summed E-state index contributed by atoms with van der Waals surface area (Å²) in [6.07, 6.45) is 0.732. The molecule has 4 heteroatoms. The molecule has 0 radical (unpaired) electrons. The lowest BCUT2D eigenvalue weighted by Gasteiger charge is -1.86. The molecule has 0 aliphatic heterocycles. The third kappa shape index (κ3) is 1.53. The van der Waals surface area contributed by atoms with Crippen LogP contribution >= 0.6 is 11.3 Å². The van der Waals surface area contributed by atoms with Gasteiger partial charge in [0.15, 0.2) is 17.1 Å². The van der Waals surface area contributed by atoms with E-state index < -0.39 is 0 Å². The molecule has 0 saturated carbocycles. The molecule has 3 nitrogen and oxygen atoms in total. The Morgan fingerprint density at radius 2 is 2.38 bits per heavy atom. The van der Waals surface area contributed by atoms with Gasteiger partial charge >= 0.3 is 0 Å². The molecule has 13 heavy (non-hydrogen) atoms. The number of aromatic nitrogens is 1. The molecule has 0 aliphatic carbocycles. The Morgan fingerprint density at radius 3 is 2.92 bits per heavy atom. The van der Waals surface area contributed by atoms with E-state index in [1.165, 1.54) is 11.3 Å². The zero-order chi connectivity index (χ0) is 9.26. The third-order valence-electron chi connectivity index (χ3n) is 1.59. The van der Waals surface area contributed by atoms with Crippen LogP contribution in [0.15, 0.2) is 21.9 Å². The first-order valence-corrected chi connectivity index (χ1v) is 4.65. The Morgan fingerprint density at radius 1 is 1.54 bits per heavy atom. The van der Waals surface area contributed by atoms with Crippen molar-refractivity contribution in [1.29, 1.82) is 0 Å². The predicted molar refractivity (Wildman–Crippen MR) is 49.9 cm³/mol. The molecule has 2 rings (SSSR count). The van der Waals surface area contributed by atoms with Crippen molar-refractivity contribution >= 4 is 17.6 Å². The van der Waals surface area contributed by atoms with E-state index in [0.29, 0.717) is 5.69 Å². The van der Waals surface area contributed by atoms with Crippen molar-refractivity contribution in [3.8, 4) is 10.8 Å². The van der Waals surface area contributed by atoms with Gasteiger partial charge in [0.05, 0.1) is 0 Å². The van der Waals surface area contributed by atoms with Gasteiger partial charge in [0.1, 0.15) is 11.5 Å². The summed E-state index contributed by atoms with van der Waals surface area (Å²) in [5.41, 5.74) is 0.453. The molecule has 0 bridgehead atoms. The SMILES string of the molecule is Cc1ccc(-c2nc(C=O)cs2)o1. The average Bonchev–Trinajstić information content (AvgIpc) is 2.71. The van der Waals surface area contributed by atoms with E-state index in [-0.39, 0.29) is 0 Å². The fraction of sp³-hybridized carbons (Fsp3) is 0.111. The normalized spacial score (nSPS) is 10.2. The number of aryl methyl sites for hydroxylation is 1. The van der Waals surface area contributed by atoms with Gasteiger partial charge in [-0.3, -0.25) is 4.79 Å². The van der Waals surface area contributed by atoms with E-state index >= 15 is 0 Å². The minimum absolute atomic E-state index is 0.453. The molecule has 0 amide bonds. The molecule has 66 valence electrons. The van der Waals surface area contributed by atoms with Crippen LogP contribution in [-0.2, 0) is 0 Å². The van der Waals surface area contributed by atoms with Gasteiger partial charge in [-0.15, -0.1) is 11.3 Å². The molecular formula is C9H7NO2S. The Kier molecular flexibility index (Phi) is 1.98. The van der Waals surface area contributed by atoms with Crippen LogP contribution in [0.1, 0.15) is 16.2 Å². The Balaban J connectivity index is 2.40. The second-order valence-corrected chi connectivity index (χ2v) is 3.46. The van der Waals surface area contributed by atoms with Gasteiger partial charge in [-0.05, 0) is 19.1 Å². The highest BCUT2D eigenvalue weighted by Crippen LogP contribution is 2.24. The smallest absolute Gasteiger partial charge is 0.169 e. The van der Waals surface area contributed by atoms with Gasteiger partial charge < -0.3 is 4.42 Å². The van der Waals surface area contributed by atoms with Crippen LogP contribution in [0, 0.1) is 6.92 Å². The van der Waals surface area contributed by atoms with Gasteiger partial charge in [-0.1, -0.05) is 0 Å². The quantitative estimate of drug-likeness (QED) is 0.688. The minimum Gasteiger partial charge on any atom is -0.459 e. The van der Waals surface area contributed by atoms with Gasteiger partial charge in [0.2, 0.25) is 0 Å². The van der Waals surface area contributed by atoms with Crippen molar-refractivity contribution in [2.45, 2.75) is 6.92 Å². The summed E-state index contributed by atoms with van der Waals surface area (Å²) in [6.45, 7) is 1.87. The van der Waals surface area contributed by atoms with Crippen molar-refractivity contribution in [3.05, 3.63) is 29.0 Å². The molecule has 2 aromatic rings. The second kappa shape index (κ2) is 3.14. The molecule has 0 aromatic carbocycles. The molecular weight excluding hydrogens is 186 g/mol. The van der Waals surface area contributed by atoms with E-state index in [2.05, 4.69) is 4.98 Å². The molecule has 0 N–H and O–H groups in total. The lowest BCUT2D eigenvalue weighted by atomic mass is 10.4. The van der Waals surface area contributed by atoms with Crippen LogP contribution in [0.4, 0.5) is 0 Å². The maximum atomic E-state index is 10.4. The zero-order valence-electron chi connectivity index (χ0n) is 6.98. The lowest BCUT2D eigenvalue weighted by molar-refractivity contribution is 0.111. The summed E-state index contributed by atoms with van der Waals surface area (Å²) >= 11 is 1.40. The molecule has 0 fully saturated rings. The molecule has 0 spiro atoms. The molecule has 2 heterocycles. The Bertz CT molecular complexity index is 430. The summed E-state index contributed by atoms with van der Waals surface area (Å²) in [7, 11) is 0. The van der Waals surface area contributed by atoms with Gasteiger partial charge in [-0.25, -0.2) is 4.98 Å². The maximum Gasteiger partial charge on any atom is 0.169 e. The third-order valence-corrected chi connectivity index (χ3v) is 2.47. The van der Waals surface area contributed by atoms with Crippen LogP contribution in [0.5, 0.6) is 0 Å². The fourth-order valence-corrected chi connectivity index (χ4v) is 1.73. The highest BCUT2D eigenvalue weighted by molar-refractivity contribution is 7.13. The largest absolute Gasteiger partial charge is 0.459 e. The van der Waals surface area contributed by atoms with Crippen LogP contribution in [0.3, 0.4) is 0 Å². The first-order valence-electron chi connectivity index (χ1n) is 3.77. The van der Waals surface area contributed by atoms with Crippen LogP contribution in [0.2, 0.25) is 0 Å². The molecule has 0 unspecified atom stereocenters. The zero-order valence-corrected chi connectivity index (χ0v) is 7.80. The Labute approximate surface area is 79.0 Å². The number of rotatable bonds is 2. The summed E-state index contributed by atoms with van der Waals surface area (Å²) in [5, 5.41) is 2.45. The first kappa shape index (κ1) is 8.19. The number of aldehydes is 1. The summed E-state index contributed by atoms with van der Waals surface area (Å²) < 4.78 is 5.36. The van der Waals surface area contributed by atoms with E-state index in [4.69, 9.17) is 4.42 Å². The first-order chi connectivity index (χ1) is 6.29. The van der Waals surface area contributed by atoms with Crippen molar-refractivity contribution in [3.63, 3.8) is 0 Å². The lowest BCUT2D eigenvalue weighted by Crippen LogP contribution is -1.77. The van der Waals surface area contributed by atoms with E-state index in [0.717, 1.165) is 22.8 Å². The average molecular weight is 193 g/mol. The van der Waals surface area contributed by atoms with Crippen LogP contribution in [-0.4, -0.2) is 11.3 Å². The second-order valence-electron chi connectivity index (χ2n) is 2.61. The number of furan rings is 1. The standard InChI is InChI=1S/C9H7NO2S/c1-6-2-3-8(12-6)9-10-7(4-11)5-13-9/h2-5H,1H3. The topological polar surface area (TPSA) is 43.1 Å². The van der Waals surface area contributed by atoms with E-state index in [1.807, 2.05) is 19.1 Å². The van der Waals surface area contributed by atoms with Crippen molar-refractivity contribution in [1.82, 2.24) is 4.98 Å². The monoisotopic (exact) mass is 193 g/mol. The summed E-state index contributed by atoms with van der Waals surface area (Å²) in [5.74, 6) is 1.56. The Hall–Kier alpha value is -1.42. The number of carbonyl (C=O) groups is 1. The van der Waals surface area contributed by atoms with Gasteiger partial charge in [0, 0.05) is 5.38 Å². The van der Waals surface area contributed by atoms with Gasteiger partial charge in [0.25, 0.3) is 0 Å². The fourth-order valence-electron chi connectivity index (χ4n) is 1.00. The molecule has 0 atom stereocenters. The highest BCUT2D eigenvalue weighted by Gasteiger charge is 2.06. The number of hydrogen-bond donors (Lipinski definition) is 0. The molecule has 2 aromatic heterocycles. The van der Waals surface area contributed by atoms with E-state index in [9.17, 15) is 4.79 Å². The van der Waals surface area contributed by atoms with E-state index in [1.54, 1.807) is 5.38 Å². The molecule has 0 aliphatic rings. The van der Waals surface area contributed by atoms with Crippen molar-refractivity contribution < 1.29 is 9.21 Å². The summed E-state index contributed by atoms with van der Waals surface area (Å²) in [4.78, 5) is 14.4.